The number of aromatic nitrogens is 1. The number of carbonyl (C=O) groups is 1. The van der Waals surface area contributed by atoms with Gasteiger partial charge in [-0.15, -0.1) is 0 Å². The molecule has 0 unspecified atom stereocenters. The number of anilines is 1. The number of nitrogens with zero attached hydrogens (tertiary/aromatic N) is 1. The van der Waals surface area contributed by atoms with Crippen LogP contribution in [0.5, 0.6) is 0 Å². The highest BCUT2D eigenvalue weighted by atomic mass is 19.1. The Morgan fingerprint density at radius 3 is 2.65 bits per heavy atom. The second kappa shape index (κ2) is 7.95. The topological polar surface area (TPSA) is 55.1 Å². The van der Waals surface area contributed by atoms with Gasteiger partial charge in [-0.05, 0) is 29.7 Å². The molecule has 1 aromatic heterocycles. The number of benzene rings is 2. The molecule has 2 aromatic carbocycles. The van der Waals surface area contributed by atoms with Gasteiger partial charge in [-0.3, -0.25) is 4.79 Å². The minimum Gasteiger partial charge on any atom is -0.441 e. The van der Waals surface area contributed by atoms with Gasteiger partial charge in [0, 0.05) is 24.1 Å². The first-order valence-electron chi connectivity index (χ1n) is 8.62. The van der Waals surface area contributed by atoms with Crippen LogP contribution in [0.15, 0.2) is 59.1 Å². The fourth-order valence-corrected chi connectivity index (χ4v) is 2.60. The number of carbonyl (C=O) groups excluding carboxylic acids is 1. The molecule has 0 saturated heterocycles. The van der Waals surface area contributed by atoms with E-state index in [2.05, 4.69) is 36.3 Å². The van der Waals surface area contributed by atoms with Gasteiger partial charge in [-0.25, -0.2) is 9.37 Å². The van der Waals surface area contributed by atoms with Gasteiger partial charge >= 0.3 is 0 Å². The second-order valence-corrected chi connectivity index (χ2v) is 6.45. The molecule has 0 atom stereocenters. The Labute approximate surface area is 152 Å². The molecule has 0 saturated carbocycles. The summed E-state index contributed by atoms with van der Waals surface area (Å²) < 4.78 is 18.9. The predicted molar refractivity (Wildman–Crippen MR) is 99.4 cm³/mol. The molecule has 0 aliphatic carbocycles. The smallest absolute Gasteiger partial charge is 0.224 e. The van der Waals surface area contributed by atoms with Crippen LogP contribution >= 0.6 is 0 Å². The molecular formula is C21H21FN2O2. The minimum atomic E-state index is -0.386. The molecule has 4 nitrogen and oxygen atoms in total. The fourth-order valence-electron chi connectivity index (χ4n) is 2.60. The first kappa shape index (κ1) is 17.9. The van der Waals surface area contributed by atoms with Gasteiger partial charge in [0.1, 0.15) is 5.82 Å². The lowest BCUT2D eigenvalue weighted by Crippen LogP contribution is -2.12. The van der Waals surface area contributed by atoms with Gasteiger partial charge < -0.3 is 9.73 Å². The second-order valence-electron chi connectivity index (χ2n) is 6.45. The van der Waals surface area contributed by atoms with E-state index in [0.29, 0.717) is 29.7 Å². The average molecular weight is 352 g/mol. The van der Waals surface area contributed by atoms with Gasteiger partial charge in [0.2, 0.25) is 5.91 Å². The number of rotatable bonds is 6. The standard InChI is InChI=1S/C21H21FN2O2/c1-14(2)15-6-8-16(9-7-15)19-13-23-21(26-19)11-10-20(25)24-18-5-3-4-17(22)12-18/h3-9,12-14H,10-11H2,1-2H3,(H,24,25). The van der Waals surface area contributed by atoms with Crippen molar-refractivity contribution < 1.29 is 13.6 Å². The van der Waals surface area contributed by atoms with Crippen molar-refractivity contribution >= 4 is 11.6 Å². The number of amides is 1. The maximum atomic E-state index is 13.1. The van der Waals surface area contributed by atoms with Crippen molar-refractivity contribution in [3.05, 3.63) is 72.0 Å². The summed E-state index contributed by atoms with van der Waals surface area (Å²) in [7, 11) is 0. The van der Waals surface area contributed by atoms with Crippen molar-refractivity contribution in [3.63, 3.8) is 0 Å². The van der Waals surface area contributed by atoms with E-state index >= 15 is 0 Å². The van der Waals surface area contributed by atoms with Gasteiger partial charge in [0.05, 0.1) is 6.20 Å². The van der Waals surface area contributed by atoms with Crippen LogP contribution in [0.1, 0.15) is 37.6 Å². The number of oxazole rings is 1. The lowest BCUT2D eigenvalue weighted by Gasteiger charge is -2.05. The Kier molecular flexibility index (Phi) is 5.46. The van der Waals surface area contributed by atoms with Crippen LogP contribution < -0.4 is 5.32 Å². The van der Waals surface area contributed by atoms with Gasteiger partial charge in [-0.2, -0.15) is 0 Å². The molecule has 1 heterocycles. The third kappa shape index (κ3) is 4.57. The summed E-state index contributed by atoms with van der Waals surface area (Å²) in [5.74, 6) is 1.06. The lowest BCUT2D eigenvalue weighted by atomic mass is 10.0. The van der Waals surface area contributed by atoms with Gasteiger partial charge in [0.25, 0.3) is 0 Å². The van der Waals surface area contributed by atoms with Gasteiger partial charge in [-0.1, -0.05) is 44.2 Å². The Balaban J connectivity index is 1.57. The zero-order valence-electron chi connectivity index (χ0n) is 14.8. The Hall–Kier alpha value is -2.95. The summed E-state index contributed by atoms with van der Waals surface area (Å²) in [6.45, 7) is 4.30. The molecule has 0 fully saturated rings. The molecule has 1 amide bonds. The lowest BCUT2D eigenvalue weighted by molar-refractivity contribution is -0.116. The summed E-state index contributed by atoms with van der Waals surface area (Å²) in [5.41, 5.74) is 2.66. The summed E-state index contributed by atoms with van der Waals surface area (Å²) in [4.78, 5) is 16.2. The Morgan fingerprint density at radius 2 is 1.96 bits per heavy atom. The van der Waals surface area contributed by atoms with Crippen molar-refractivity contribution in [2.75, 3.05) is 5.32 Å². The Bertz CT molecular complexity index is 885. The Morgan fingerprint density at radius 1 is 1.19 bits per heavy atom. The molecular weight excluding hydrogens is 331 g/mol. The van der Waals surface area contributed by atoms with E-state index in [1.807, 2.05) is 12.1 Å². The summed E-state index contributed by atoms with van der Waals surface area (Å²) in [6.07, 6.45) is 2.26. The van der Waals surface area contributed by atoms with E-state index in [4.69, 9.17) is 4.42 Å². The predicted octanol–water partition coefficient (Wildman–Crippen LogP) is 5.18. The molecule has 3 rings (SSSR count). The largest absolute Gasteiger partial charge is 0.441 e. The number of hydrogen-bond acceptors (Lipinski definition) is 3. The minimum absolute atomic E-state index is 0.211. The molecule has 0 radical (unpaired) electrons. The van der Waals surface area contributed by atoms with E-state index in [1.54, 1.807) is 18.3 Å². The first-order chi connectivity index (χ1) is 12.5. The zero-order valence-corrected chi connectivity index (χ0v) is 14.8. The third-order valence-electron chi connectivity index (χ3n) is 4.09. The molecule has 1 N–H and O–H groups in total. The number of aryl methyl sites for hydroxylation is 1. The maximum Gasteiger partial charge on any atom is 0.224 e. The summed E-state index contributed by atoms with van der Waals surface area (Å²) in [6, 6.07) is 14.0. The number of hydrogen-bond donors (Lipinski definition) is 1. The average Bonchev–Trinajstić information content (AvgIpc) is 3.09. The molecule has 0 aliphatic rings. The highest BCUT2D eigenvalue weighted by Crippen LogP contribution is 2.23. The highest BCUT2D eigenvalue weighted by molar-refractivity contribution is 5.90. The van der Waals surface area contributed by atoms with Crippen LogP contribution in [0.4, 0.5) is 10.1 Å². The summed E-state index contributed by atoms with van der Waals surface area (Å²) in [5, 5.41) is 2.66. The van der Waals surface area contributed by atoms with Crippen molar-refractivity contribution in [1.82, 2.24) is 4.98 Å². The van der Waals surface area contributed by atoms with E-state index in [-0.39, 0.29) is 18.1 Å². The fraction of sp³-hybridized carbons (Fsp3) is 0.238. The summed E-state index contributed by atoms with van der Waals surface area (Å²) >= 11 is 0. The van der Waals surface area contributed by atoms with Crippen LogP contribution in [0.3, 0.4) is 0 Å². The van der Waals surface area contributed by atoms with Crippen molar-refractivity contribution in [1.29, 1.82) is 0 Å². The van der Waals surface area contributed by atoms with E-state index < -0.39 is 0 Å². The first-order valence-corrected chi connectivity index (χ1v) is 8.62. The van der Waals surface area contributed by atoms with Crippen molar-refractivity contribution in [2.24, 2.45) is 0 Å². The molecule has 0 bridgehead atoms. The highest BCUT2D eigenvalue weighted by Gasteiger charge is 2.10. The molecule has 0 spiro atoms. The van der Waals surface area contributed by atoms with Crippen molar-refractivity contribution in [2.45, 2.75) is 32.6 Å². The van der Waals surface area contributed by atoms with E-state index in [0.717, 1.165) is 5.56 Å². The molecule has 0 aliphatic heterocycles. The van der Waals surface area contributed by atoms with Crippen LogP contribution in [0, 0.1) is 5.82 Å². The molecule has 26 heavy (non-hydrogen) atoms. The van der Waals surface area contributed by atoms with Crippen LogP contribution in [-0.2, 0) is 11.2 Å². The van der Waals surface area contributed by atoms with Crippen LogP contribution in [-0.4, -0.2) is 10.9 Å². The van der Waals surface area contributed by atoms with Gasteiger partial charge in [0.15, 0.2) is 11.7 Å². The maximum absolute atomic E-state index is 13.1. The third-order valence-corrected chi connectivity index (χ3v) is 4.09. The monoisotopic (exact) mass is 352 g/mol. The van der Waals surface area contributed by atoms with E-state index in [9.17, 15) is 9.18 Å². The zero-order chi connectivity index (χ0) is 18.5. The molecule has 134 valence electrons. The van der Waals surface area contributed by atoms with Crippen molar-refractivity contribution in [3.8, 4) is 11.3 Å². The molecule has 5 heteroatoms. The molecule has 3 aromatic rings. The SMILES string of the molecule is CC(C)c1ccc(-c2cnc(CCC(=O)Nc3cccc(F)c3)o2)cc1. The normalized spacial score (nSPS) is 10.9. The number of nitrogens with one attached hydrogen (secondary N) is 1. The van der Waals surface area contributed by atoms with Crippen LogP contribution in [0.25, 0.3) is 11.3 Å². The quantitative estimate of drug-likeness (QED) is 0.665. The van der Waals surface area contributed by atoms with E-state index in [1.165, 1.54) is 17.7 Å². The number of halogens is 1. The van der Waals surface area contributed by atoms with Crippen LogP contribution in [0.2, 0.25) is 0 Å².